The van der Waals surface area contributed by atoms with E-state index in [-0.39, 0.29) is 30.1 Å². The molecule has 158 valence electrons. The Morgan fingerprint density at radius 3 is 2.52 bits per heavy atom. The average Bonchev–Trinajstić information content (AvgIpc) is 3.33. The van der Waals surface area contributed by atoms with Crippen molar-refractivity contribution in [2.75, 3.05) is 11.9 Å². The molecule has 0 spiro atoms. The van der Waals surface area contributed by atoms with Gasteiger partial charge in [-0.3, -0.25) is 19.7 Å². The largest absolute Gasteiger partial charge is 0.492 e. The molecule has 31 heavy (non-hydrogen) atoms. The molecule has 4 rings (SSSR count). The van der Waals surface area contributed by atoms with Crippen molar-refractivity contribution in [3.63, 3.8) is 0 Å². The molecule has 1 aromatic heterocycles. The molecule has 1 fully saturated rings. The highest BCUT2D eigenvalue weighted by Gasteiger charge is 2.30. The molecule has 2 N–H and O–H groups in total. The number of amides is 3. The number of hydrogen-bond acceptors (Lipinski definition) is 5. The summed E-state index contributed by atoms with van der Waals surface area (Å²) in [5.41, 5.74) is 2.62. The first kappa shape index (κ1) is 20.8. The minimum atomic E-state index is -0.329. The van der Waals surface area contributed by atoms with Gasteiger partial charge in [-0.15, -0.1) is 11.3 Å². The number of carbonyl (C=O) groups is 3. The smallest absolute Gasteiger partial charge is 0.269 e. The molecule has 0 bridgehead atoms. The maximum atomic E-state index is 12.9. The predicted octanol–water partition coefficient (Wildman–Crippen LogP) is 4.27. The van der Waals surface area contributed by atoms with Crippen LogP contribution in [0, 0.1) is 5.92 Å². The molecule has 3 aromatic rings. The van der Waals surface area contributed by atoms with Crippen molar-refractivity contribution in [2.24, 2.45) is 5.92 Å². The van der Waals surface area contributed by atoms with Gasteiger partial charge < -0.3 is 10.1 Å². The van der Waals surface area contributed by atoms with Gasteiger partial charge >= 0.3 is 0 Å². The molecule has 1 aliphatic rings. The highest BCUT2D eigenvalue weighted by atomic mass is 32.1. The fraction of sp³-hybridized carbons (Fsp3) is 0.208. The van der Waals surface area contributed by atoms with E-state index in [2.05, 4.69) is 10.6 Å². The van der Waals surface area contributed by atoms with E-state index in [0.717, 1.165) is 16.0 Å². The molecule has 3 amide bonds. The van der Waals surface area contributed by atoms with Gasteiger partial charge in [-0.2, -0.15) is 0 Å². The third-order valence-electron chi connectivity index (χ3n) is 5.02. The Kier molecular flexibility index (Phi) is 6.13. The average molecular weight is 435 g/mol. The number of carbonyl (C=O) groups excluding carboxylic acids is 3. The summed E-state index contributed by atoms with van der Waals surface area (Å²) < 4.78 is 5.69. The van der Waals surface area contributed by atoms with Crippen LogP contribution in [-0.2, 0) is 16.0 Å². The van der Waals surface area contributed by atoms with Crippen LogP contribution >= 0.6 is 11.3 Å². The van der Waals surface area contributed by atoms with E-state index in [1.165, 1.54) is 11.3 Å². The highest BCUT2D eigenvalue weighted by molar-refractivity contribution is 7.17. The molecule has 2 aromatic carbocycles. The molecule has 0 saturated carbocycles. The standard InChI is InChI=1S/C24H22N2O4S/c1-2-30-19-14-20(16-6-4-3-5-7-16)31-22(19)24(29)25-18-10-8-15(9-11-18)12-17-13-21(27)26-23(17)28/h3-11,14,17H,2,12-13H2,1H3,(H,25,29)(H,26,27,28). The fourth-order valence-corrected chi connectivity index (χ4v) is 4.51. The molecule has 2 heterocycles. The number of benzene rings is 2. The Morgan fingerprint density at radius 1 is 1.13 bits per heavy atom. The number of hydrogen-bond donors (Lipinski definition) is 2. The zero-order valence-corrected chi connectivity index (χ0v) is 17.8. The molecule has 1 atom stereocenters. The second-order valence-electron chi connectivity index (χ2n) is 7.27. The normalized spacial score (nSPS) is 15.6. The Hall–Kier alpha value is -3.45. The molecular weight excluding hydrogens is 412 g/mol. The fourth-order valence-electron chi connectivity index (χ4n) is 3.51. The van der Waals surface area contributed by atoms with Crippen LogP contribution in [-0.4, -0.2) is 24.3 Å². The summed E-state index contributed by atoms with van der Waals surface area (Å²) in [5.74, 6) is -0.446. The zero-order valence-electron chi connectivity index (χ0n) is 17.0. The molecule has 1 unspecified atom stereocenters. The summed E-state index contributed by atoms with van der Waals surface area (Å²) in [6.07, 6.45) is 0.714. The third-order valence-corrected chi connectivity index (χ3v) is 6.19. The number of ether oxygens (including phenoxy) is 1. The monoisotopic (exact) mass is 434 g/mol. The maximum absolute atomic E-state index is 12.9. The van der Waals surface area contributed by atoms with Crippen LogP contribution in [0.15, 0.2) is 60.7 Å². The van der Waals surface area contributed by atoms with Crippen LogP contribution < -0.4 is 15.4 Å². The van der Waals surface area contributed by atoms with Crippen molar-refractivity contribution in [3.05, 3.63) is 71.1 Å². The van der Waals surface area contributed by atoms with Crippen LogP contribution in [0.3, 0.4) is 0 Å². The Morgan fingerprint density at radius 2 is 1.87 bits per heavy atom. The molecule has 1 aliphatic heterocycles. The number of anilines is 1. The van der Waals surface area contributed by atoms with Crippen molar-refractivity contribution in [3.8, 4) is 16.2 Å². The predicted molar refractivity (Wildman–Crippen MR) is 120 cm³/mol. The van der Waals surface area contributed by atoms with Gasteiger partial charge in [0.2, 0.25) is 11.8 Å². The van der Waals surface area contributed by atoms with E-state index in [1.807, 2.05) is 55.5 Å². The highest BCUT2D eigenvalue weighted by Crippen LogP contribution is 2.36. The van der Waals surface area contributed by atoms with E-state index in [1.54, 1.807) is 12.1 Å². The summed E-state index contributed by atoms with van der Waals surface area (Å²) in [7, 11) is 0. The number of imide groups is 1. The topological polar surface area (TPSA) is 84.5 Å². The lowest BCUT2D eigenvalue weighted by molar-refractivity contribution is -0.125. The van der Waals surface area contributed by atoms with Crippen molar-refractivity contribution >= 4 is 34.7 Å². The molecular formula is C24H22N2O4S. The van der Waals surface area contributed by atoms with Gasteiger partial charge in [0.1, 0.15) is 10.6 Å². The number of nitrogens with one attached hydrogen (secondary N) is 2. The van der Waals surface area contributed by atoms with Crippen molar-refractivity contribution in [1.82, 2.24) is 5.32 Å². The molecule has 1 saturated heterocycles. The van der Waals surface area contributed by atoms with Gasteiger partial charge in [-0.05, 0) is 42.7 Å². The molecule has 0 radical (unpaired) electrons. The van der Waals surface area contributed by atoms with Gasteiger partial charge in [-0.25, -0.2) is 0 Å². The summed E-state index contributed by atoms with van der Waals surface area (Å²) in [6.45, 7) is 2.36. The van der Waals surface area contributed by atoms with Gasteiger partial charge in [0.15, 0.2) is 0 Å². The first-order valence-corrected chi connectivity index (χ1v) is 10.9. The number of thiophene rings is 1. The van der Waals surface area contributed by atoms with Gasteiger partial charge in [0, 0.05) is 17.0 Å². The van der Waals surface area contributed by atoms with Crippen LogP contribution in [0.4, 0.5) is 5.69 Å². The van der Waals surface area contributed by atoms with Gasteiger partial charge in [0.05, 0.1) is 12.5 Å². The van der Waals surface area contributed by atoms with Gasteiger partial charge in [-0.1, -0.05) is 42.5 Å². The molecule has 0 aliphatic carbocycles. The SMILES string of the molecule is CCOc1cc(-c2ccccc2)sc1C(=O)Nc1ccc(CC2CC(=O)NC2=O)cc1. The molecule has 6 nitrogen and oxygen atoms in total. The van der Waals surface area contributed by atoms with Gasteiger partial charge in [0.25, 0.3) is 5.91 Å². The first-order chi connectivity index (χ1) is 15.0. The maximum Gasteiger partial charge on any atom is 0.269 e. The van der Waals surface area contributed by atoms with Crippen molar-refractivity contribution < 1.29 is 19.1 Å². The third kappa shape index (κ3) is 4.83. The van der Waals surface area contributed by atoms with Crippen molar-refractivity contribution in [2.45, 2.75) is 19.8 Å². The summed E-state index contributed by atoms with van der Waals surface area (Å²) >= 11 is 1.39. The number of rotatable bonds is 7. The van der Waals surface area contributed by atoms with E-state index in [9.17, 15) is 14.4 Å². The molecule has 7 heteroatoms. The van der Waals surface area contributed by atoms with E-state index >= 15 is 0 Å². The van der Waals surface area contributed by atoms with E-state index in [0.29, 0.717) is 29.3 Å². The Bertz CT molecular complexity index is 1110. The van der Waals surface area contributed by atoms with Crippen LogP contribution in [0.25, 0.3) is 10.4 Å². The minimum absolute atomic E-state index is 0.222. The Balaban J connectivity index is 1.47. The van der Waals surface area contributed by atoms with Crippen LogP contribution in [0.2, 0.25) is 0 Å². The van der Waals surface area contributed by atoms with E-state index < -0.39 is 0 Å². The second-order valence-corrected chi connectivity index (χ2v) is 8.32. The quantitative estimate of drug-likeness (QED) is 0.544. The lowest BCUT2D eigenvalue weighted by atomic mass is 9.98. The van der Waals surface area contributed by atoms with Crippen LogP contribution in [0.1, 0.15) is 28.6 Å². The lowest BCUT2D eigenvalue weighted by Gasteiger charge is -2.09. The second kappa shape index (κ2) is 9.14. The summed E-state index contributed by atoms with van der Waals surface area (Å²) in [6, 6.07) is 19.1. The minimum Gasteiger partial charge on any atom is -0.492 e. The lowest BCUT2D eigenvalue weighted by Crippen LogP contribution is -2.22. The van der Waals surface area contributed by atoms with E-state index in [4.69, 9.17) is 4.74 Å². The van der Waals surface area contributed by atoms with Crippen LogP contribution in [0.5, 0.6) is 5.75 Å². The Labute approximate surface area is 184 Å². The summed E-state index contributed by atoms with van der Waals surface area (Å²) in [4.78, 5) is 37.5. The van der Waals surface area contributed by atoms with Crippen molar-refractivity contribution in [1.29, 1.82) is 0 Å². The first-order valence-electron chi connectivity index (χ1n) is 10.1. The zero-order chi connectivity index (χ0) is 21.8. The summed E-state index contributed by atoms with van der Waals surface area (Å²) in [5, 5.41) is 5.24.